The van der Waals surface area contributed by atoms with Gasteiger partial charge < -0.3 is 14.6 Å². The number of fused-ring (bicyclic) bond motifs is 1. The molecule has 4 nitrogen and oxygen atoms in total. The highest BCUT2D eigenvalue weighted by atomic mass is 16.5. The molecular formula is C15H23NO3. The summed E-state index contributed by atoms with van der Waals surface area (Å²) in [5.74, 6) is 1.65. The van der Waals surface area contributed by atoms with Crippen LogP contribution in [0.3, 0.4) is 0 Å². The lowest BCUT2D eigenvalue weighted by molar-refractivity contribution is 0.0424. The minimum atomic E-state index is -0.681. The van der Waals surface area contributed by atoms with Crippen molar-refractivity contribution in [1.82, 2.24) is 4.90 Å². The van der Waals surface area contributed by atoms with E-state index >= 15 is 0 Å². The molecule has 0 saturated carbocycles. The van der Waals surface area contributed by atoms with Gasteiger partial charge in [0.05, 0.1) is 18.8 Å². The Labute approximate surface area is 114 Å². The first-order valence-electron chi connectivity index (χ1n) is 6.73. The first-order valence-corrected chi connectivity index (χ1v) is 6.73. The number of rotatable bonds is 4. The molecule has 4 heteroatoms. The molecule has 1 aliphatic heterocycles. The van der Waals surface area contributed by atoms with Crippen molar-refractivity contribution in [2.24, 2.45) is 0 Å². The number of hydrogen-bond acceptors (Lipinski definition) is 4. The van der Waals surface area contributed by atoms with E-state index in [9.17, 15) is 5.11 Å². The maximum absolute atomic E-state index is 9.81. The fourth-order valence-corrected chi connectivity index (χ4v) is 2.33. The van der Waals surface area contributed by atoms with Crippen LogP contribution in [0.1, 0.15) is 25.8 Å². The van der Waals surface area contributed by atoms with Crippen molar-refractivity contribution in [3.63, 3.8) is 0 Å². The maximum Gasteiger partial charge on any atom is 0.161 e. The van der Waals surface area contributed by atoms with Gasteiger partial charge in [-0.3, -0.25) is 4.90 Å². The minimum absolute atomic E-state index is 0.626. The van der Waals surface area contributed by atoms with E-state index in [0.717, 1.165) is 30.0 Å². The Balaban J connectivity index is 2.03. The zero-order chi connectivity index (χ0) is 13.9. The van der Waals surface area contributed by atoms with Gasteiger partial charge in [-0.2, -0.15) is 0 Å². The van der Waals surface area contributed by atoms with E-state index < -0.39 is 5.60 Å². The lowest BCUT2D eigenvalue weighted by Crippen LogP contribution is -2.35. The van der Waals surface area contributed by atoms with Crippen molar-refractivity contribution in [3.8, 4) is 11.5 Å². The third-order valence-corrected chi connectivity index (χ3v) is 2.92. The predicted octanol–water partition coefficient (Wildman–Crippen LogP) is 2.05. The molecule has 0 fully saturated rings. The minimum Gasteiger partial charge on any atom is -0.490 e. The molecule has 106 valence electrons. The Morgan fingerprint density at radius 2 is 1.89 bits per heavy atom. The van der Waals surface area contributed by atoms with Crippen LogP contribution in [-0.4, -0.2) is 42.4 Å². The highest BCUT2D eigenvalue weighted by Crippen LogP contribution is 2.30. The highest BCUT2D eigenvalue weighted by molar-refractivity contribution is 5.43. The molecule has 0 aliphatic carbocycles. The lowest BCUT2D eigenvalue weighted by Gasteiger charge is -2.25. The lowest BCUT2D eigenvalue weighted by atomic mass is 10.1. The molecule has 0 radical (unpaired) electrons. The Kier molecular flexibility index (Phi) is 4.32. The molecule has 1 aliphatic rings. The van der Waals surface area contributed by atoms with Crippen molar-refractivity contribution in [2.75, 3.05) is 26.8 Å². The highest BCUT2D eigenvalue weighted by Gasteiger charge is 2.16. The number of likely N-dealkylation sites (N-methyl/N-ethyl adjacent to an activating group) is 1. The van der Waals surface area contributed by atoms with E-state index in [1.165, 1.54) is 0 Å². The topological polar surface area (TPSA) is 41.9 Å². The van der Waals surface area contributed by atoms with E-state index in [2.05, 4.69) is 4.90 Å². The summed E-state index contributed by atoms with van der Waals surface area (Å²) in [6.07, 6.45) is 0.919. The Hall–Kier alpha value is -1.26. The summed E-state index contributed by atoms with van der Waals surface area (Å²) in [7, 11) is 2.00. The van der Waals surface area contributed by atoms with Crippen molar-refractivity contribution in [3.05, 3.63) is 23.8 Å². The largest absolute Gasteiger partial charge is 0.490 e. The summed E-state index contributed by atoms with van der Waals surface area (Å²) in [4.78, 5) is 2.10. The zero-order valence-electron chi connectivity index (χ0n) is 12.0. The molecule has 0 atom stereocenters. The Morgan fingerprint density at radius 1 is 1.21 bits per heavy atom. The predicted molar refractivity (Wildman–Crippen MR) is 74.7 cm³/mol. The molecule has 0 bridgehead atoms. The van der Waals surface area contributed by atoms with Gasteiger partial charge >= 0.3 is 0 Å². The number of aliphatic hydroxyl groups is 1. The van der Waals surface area contributed by atoms with E-state index in [-0.39, 0.29) is 0 Å². The summed E-state index contributed by atoms with van der Waals surface area (Å²) in [6, 6.07) is 6.05. The smallest absolute Gasteiger partial charge is 0.161 e. The summed E-state index contributed by atoms with van der Waals surface area (Å²) in [6.45, 7) is 6.46. The SMILES string of the molecule is CN(Cc1ccc2c(c1)OCCCO2)CC(C)(C)O. The van der Waals surface area contributed by atoms with Gasteiger partial charge in [0.15, 0.2) is 11.5 Å². The van der Waals surface area contributed by atoms with Gasteiger partial charge in [0, 0.05) is 19.5 Å². The first-order chi connectivity index (χ1) is 8.94. The number of benzene rings is 1. The van der Waals surface area contributed by atoms with Crippen LogP contribution in [0.5, 0.6) is 11.5 Å². The second-order valence-electron chi connectivity index (χ2n) is 5.82. The van der Waals surface area contributed by atoms with Gasteiger partial charge in [-0.1, -0.05) is 6.07 Å². The number of ether oxygens (including phenoxy) is 2. The monoisotopic (exact) mass is 265 g/mol. The average molecular weight is 265 g/mol. The summed E-state index contributed by atoms with van der Waals surface area (Å²) < 4.78 is 11.3. The number of hydrogen-bond donors (Lipinski definition) is 1. The van der Waals surface area contributed by atoms with Crippen molar-refractivity contribution >= 4 is 0 Å². The van der Waals surface area contributed by atoms with Gasteiger partial charge in [-0.15, -0.1) is 0 Å². The third-order valence-electron chi connectivity index (χ3n) is 2.92. The van der Waals surface area contributed by atoms with Gasteiger partial charge in [-0.05, 0) is 38.6 Å². The summed E-state index contributed by atoms with van der Waals surface area (Å²) >= 11 is 0. The quantitative estimate of drug-likeness (QED) is 0.904. The first kappa shape index (κ1) is 14.2. The van der Waals surface area contributed by atoms with Gasteiger partial charge in [0.1, 0.15) is 0 Å². The maximum atomic E-state index is 9.81. The molecule has 0 amide bonds. The Morgan fingerprint density at radius 3 is 2.58 bits per heavy atom. The van der Waals surface area contributed by atoms with Gasteiger partial charge in [0.25, 0.3) is 0 Å². The van der Waals surface area contributed by atoms with Crippen LogP contribution in [0.4, 0.5) is 0 Å². The summed E-state index contributed by atoms with van der Waals surface area (Å²) in [5, 5.41) is 9.81. The van der Waals surface area contributed by atoms with Gasteiger partial charge in [0.2, 0.25) is 0 Å². The van der Waals surface area contributed by atoms with Crippen LogP contribution in [-0.2, 0) is 6.54 Å². The molecule has 0 aromatic heterocycles. The molecular weight excluding hydrogens is 242 g/mol. The molecule has 0 spiro atoms. The van der Waals surface area contributed by atoms with Crippen LogP contribution in [0, 0.1) is 0 Å². The molecule has 0 unspecified atom stereocenters. The van der Waals surface area contributed by atoms with Crippen molar-refractivity contribution in [2.45, 2.75) is 32.4 Å². The molecule has 2 rings (SSSR count). The zero-order valence-corrected chi connectivity index (χ0v) is 12.0. The van der Waals surface area contributed by atoms with Crippen LogP contribution < -0.4 is 9.47 Å². The molecule has 19 heavy (non-hydrogen) atoms. The molecule has 1 aromatic rings. The van der Waals surface area contributed by atoms with E-state index in [0.29, 0.717) is 19.8 Å². The van der Waals surface area contributed by atoms with E-state index in [1.54, 1.807) is 0 Å². The summed E-state index contributed by atoms with van der Waals surface area (Å²) in [5.41, 5.74) is 0.482. The van der Waals surface area contributed by atoms with Crippen LogP contribution in [0.2, 0.25) is 0 Å². The van der Waals surface area contributed by atoms with Crippen molar-refractivity contribution < 1.29 is 14.6 Å². The fourth-order valence-electron chi connectivity index (χ4n) is 2.33. The van der Waals surface area contributed by atoms with E-state index in [1.807, 2.05) is 39.1 Å². The average Bonchev–Trinajstić information content (AvgIpc) is 2.50. The van der Waals surface area contributed by atoms with Crippen LogP contribution in [0.15, 0.2) is 18.2 Å². The standard InChI is InChI=1S/C15H23NO3/c1-15(2,17)11-16(3)10-12-5-6-13-14(9-12)19-8-4-7-18-13/h5-6,9,17H,4,7-8,10-11H2,1-3H3. The van der Waals surface area contributed by atoms with E-state index in [4.69, 9.17) is 9.47 Å². The van der Waals surface area contributed by atoms with Crippen molar-refractivity contribution in [1.29, 1.82) is 0 Å². The molecule has 1 N–H and O–H groups in total. The molecule has 1 heterocycles. The second-order valence-corrected chi connectivity index (χ2v) is 5.82. The fraction of sp³-hybridized carbons (Fsp3) is 0.600. The van der Waals surface area contributed by atoms with Crippen LogP contribution >= 0.6 is 0 Å². The number of nitrogens with zero attached hydrogens (tertiary/aromatic N) is 1. The second kappa shape index (κ2) is 5.80. The Bertz CT molecular complexity index is 426. The molecule has 1 aromatic carbocycles. The van der Waals surface area contributed by atoms with Gasteiger partial charge in [-0.25, -0.2) is 0 Å². The third kappa shape index (κ3) is 4.40. The van der Waals surface area contributed by atoms with Crippen LogP contribution in [0.25, 0.3) is 0 Å². The molecule has 0 saturated heterocycles. The normalized spacial score (nSPS) is 15.4.